The van der Waals surface area contributed by atoms with Crippen molar-refractivity contribution >= 4 is 13.3 Å². The number of allylic oxidation sites excluding steroid dienone is 3. The molecule has 27 heavy (non-hydrogen) atoms. The third-order valence-corrected chi connectivity index (χ3v) is 11.4. The van der Waals surface area contributed by atoms with Gasteiger partial charge >= 0.3 is 0 Å². The van der Waals surface area contributed by atoms with Crippen LogP contribution in [-0.4, -0.2) is 26.1 Å². The highest BCUT2D eigenvalue weighted by atomic mass is 28.3. The van der Waals surface area contributed by atoms with Crippen molar-refractivity contribution in [3.63, 3.8) is 0 Å². The topological polar surface area (TPSA) is 3.24 Å². The molecule has 0 fully saturated rings. The summed E-state index contributed by atoms with van der Waals surface area (Å²) in [5.74, 6) is 0. The Labute approximate surface area is 169 Å². The zero-order valence-electron chi connectivity index (χ0n) is 18.7. The van der Waals surface area contributed by atoms with E-state index in [0.717, 1.165) is 13.1 Å². The average molecular weight is 384 g/mol. The minimum absolute atomic E-state index is 1.12. The minimum atomic E-state index is -1.82. The third kappa shape index (κ3) is 4.26. The largest absolute Gasteiger partial charge is 0.372 e. The van der Waals surface area contributed by atoms with E-state index in [1.165, 1.54) is 44.9 Å². The Morgan fingerprint density at radius 1 is 0.778 bits per heavy atom. The van der Waals surface area contributed by atoms with Crippen LogP contribution in [0.25, 0.3) is 0 Å². The maximum Gasteiger partial charge on any atom is 0.139 e. The van der Waals surface area contributed by atoms with Crippen molar-refractivity contribution < 1.29 is 0 Å². The number of hydrogen-bond donors (Lipinski definition) is 0. The maximum absolute atomic E-state index is 2.66. The zero-order chi connectivity index (χ0) is 19.9. The van der Waals surface area contributed by atoms with Gasteiger partial charge in [-0.05, 0) is 43.9 Å². The second-order valence-corrected chi connectivity index (χ2v) is 12.0. The Morgan fingerprint density at radius 2 is 1.33 bits per heavy atom. The highest BCUT2D eigenvalue weighted by molar-refractivity contribution is 7.03. The molecular formula is C25H41NSi. The predicted octanol–water partition coefficient (Wildman–Crippen LogP) is 6.75. The Kier molecular flexibility index (Phi) is 8.41. The van der Waals surface area contributed by atoms with Crippen LogP contribution in [0.1, 0.15) is 79.6 Å². The molecule has 2 heteroatoms. The zero-order valence-corrected chi connectivity index (χ0v) is 19.7. The molecule has 0 saturated carbocycles. The summed E-state index contributed by atoms with van der Waals surface area (Å²) in [7, 11) is -1.82. The number of unbranched alkanes of at least 4 members (excludes halogenated alkanes) is 2. The molecule has 0 spiro atoms. The molecule has 1 nitrogen and oxygen atoms in total. The molecular weight excluding hydrogens is 342 g/mol. The molecule has 1 atom stereocenters. The lowest BCUT2D eigenvalue weighted by molar-refractivity contribution is 0.384. The van der Waals surface area contributed by atoms with Crippen molar-refractivity contribution in [2.24, 2.45) is 0 Å². The fraction of sp³-hybridized carbons (Fsp3) is 0.600. The fourth-order valence-electron chi connectivity index (χ4n) is 4.94. The lowest BCUT2D eigenvalue weighted by Crippen LogP contribution is -2.48. The van der Waals surface area contributed by atoms with Gasteiger partial charge in [-0.25, -0.2) is 0 Å². The Morgan fingerprint density at radius 3 is 1.81 bits per heavy atom. The van der Waals surface area contributed by atoms with E-state index in [9.17, 15) is 0 Å². The first-order chi connectivity index (χ1) is 13.1. The summed E-state index contributed by atoms with van der Waals surface area (Å²) in [4.78, 5) is 2.66. The van der Waals surface area contributed by atoms with Gasteiger partial charge in [-0.2, -0.15) is 0 Å². The van der Waals surface area contributed by atoms with E-state index in [4.69, 9.17) is 0 Å². The normalized spacial score (nSPS) is 19.9. The quantitative estimate of drug-likeness (QED) is 0.382. The van der Waals surface area contributed by atoms with Crippen molar-refractivity contribution in [3.05, 3.63) is 52.0 Å². The number of nitrogens with zero attached hydrogens (tertiary/aromatic N) is 1. The van der Waals surface area contributed by atoms with Crippen LogP contribution in [0.3, 0.4) is 0 Å². The third-order valence-electron chi connectivity index (χ3n) is 6.49. The first-order valence-corrected chi connectivity index (χ1v) is 13.9. The van der Waals surface area contributed by atoms with E-state index >= 15 is 0 Å². The number of hydrogen-bond acceptors (Lipinski definition) is 1. The molecule has 0 aliphatic carbocycles. The molecule has 2 rings (SSSR count). The summed E-state index contributed by atoms with van der Waals surface area (Å²) in [6, 6.07) is 11.5. The van der Waals surface area contributed by atoms with Crippen molar-refractivity contribution in [2.75, 3.05) is 13.1 Å². The Hall–Kier alpha value is -1.28. The van der Waals surface area contributed by atoms with Crippen LogP contribution >= 0.6 is 0 Å². The Balaban J connectivity index is 2.74. The van der Waals surface area contributed by atoms with Crippen molar-refractivity contribution in [2.45, 2.75) is 86.1 Å². The molecule has 1 aliphatic rings. The van der Waals surface area contributed by atoms with Crippen LogP contribution in [0.5, 0.6) is 0 Å². The van der Waals surface area contributed by atoms with Gasteiger partial charge in [-0.15, -0.1) is 0 Å². The second kappa shape index (κ2) is 10.3. The van der Waals surface area contributed by atoms with Gasteiger partial charge in [0, 0.05) is 18.8 Å². The van der Waals surface area contributed by atoms with Crippen LogP contribution in [-0.2, 0) is 0 Å². The highest BCUT2D eigenvalue weighted by Gasteiger charge is 2.46. The lowest BCUT2D eigenvalue weighted by Gasteiger charge is -2.32. The summed E-state index contributed by atoms with van der Waals surface area (Å²) in [5, 5.41) is 5.28. The van der Waals surface area contributed by atoms with Crippen molar-refractivity contribution in [1.82, 2.24) is 4.90 Å². The van der Waals surface area contributed by atoms with Gasteiger partial charge in [-0.3, -0.25) is 0 Å². The maximum atomic E-state index is 2.66. The van der Waals surface area contributed by atoms with Crippen molar-refractivity contribution in [3.8, 4) is 0 Å². The fourth-order valence-corrected chi connectivity index (χ4v) is 9.90. The van der Waals surface area contributed by atoms with Crippen LogP contribution in [0.4, 0.5) is 0 Å². The van der Waals surface area contributed by atoms with E-state index < -0.39 is 8.07 Å². The monoisotopic (exact) mass is 383 g/mol. The predicted molar refractivity (Wildman–Crippen MR) is 124 cm³/mol. The SMILES string of the molecule is CCCCC1=C(CC)C(N(CC)CC)=C(CCCC)[Si@]1(C)c1ccccc1. The van der Waals surface area contributed by atoms with Crippen LogP contribution in [0.2, 0.25) is 6.55 Å². The molecule has 0 amide bonds. The van der Waals surface area contributed by atoms with E-state index in [2.05, 4.69) is 76.4 Å². The number of rotatable bonds is 11. The summed E-state index contributed by atoms with van der Waals surface area (Å²) >= 11 is 0. The number of benzene rings is 1. The first-order valence-electron chi connectivity index (χ1n) is 11.4. The van der Waals surface area contributed by atoms with E-state index in [1.807, 2.05) is 10.4 Å². The van der Waals surface area contributed by atoms with Gasteiger partial charge in [0.15, 0.2) is 0 Å². The van der Waals surface area contributed by atoms with Gasteiger partial charge in [0.1, 0.15) is 8.07 Å². The summed E-state index contributed by atoms with van der Waals surface area (Å²) < 4.78 is 0. The molecule has 1 heterocycles. The smallest absolute Gasteiger partial charge is 0.139 e. The standard InChI is InChI=1S/C25H41NSi/c1-7-12-19-23-22(9-3)25(26(10-4)11-5)24(20-13-8-2)27(23,6)21-17-15-14-16-18-21/h14-18H,7-13,19-20H2,1-6H3/t27-/m1/s1. The van der Waals surface area contributed by atoms with Crippen molar-refractivity contribution in [1.29, 1.82) is 0 Å². The molecule has 0 saturated heterocycles. The molecule has 1 aromatic carbocycles. The number of likely N-dealkylation sites (N-methyl/N-ethyl adjacent to an activating group) is 1. The molecule has 0 aromatic heterocycles. The molecule has 150 valence electrons. The highest BCUT2D eigenvalue weighted by Crippen LogP contribution is 2.45. The van der Waals surface area contributed by atoms with E-state index in [0.29, 0.717) is 0 Å². The van der Waals surface area contributed by atoms with Gasteiger partial charge in [0.25, 0.3) is 0 Å². The van der Waals surface area contributed by atoms with Gasteiger partial charge in [0.2, 0.25) is 0 Å². The van der Waals surface area contributed by atoms with Crippen LogP contribution in [0.15, 0.2) is 52.0 Å². The molecule has 0 unspecified atom stereocenters. The molecule has 1 aliphatic heterocycles. The van der Waals surface area contributed by atoms with Crippen LogP contribution in [0, 0.1) is 0 Å². The molecule has 0 bridgehead atoms. The molecule has 0 N–H and O–H groups in total. The van der Waals surface area contributed by atoms with E-state index in [-0.39, 0.29) is 0 Å². The van der Waals surface area contributed by atoms with E-state index in [1.54, 1.807) is 16.5 Å². The van der Waals surface area contributed by atoms with Gasteiger partial charge < -0.3 is 4.90 Å². The van der Waals surface area contributed by atoms with Gasteiger partial charge in [-0.1, -0.05) is 93.7 Å². The Bertz CT molecular complexity index is 654. The molecule has 1 aromatic rings. The molecule has 0 radical (unpaired) electrons. The first kappa shape index (κ1) is 22.0. The van der Waals surface area contributed by atoms with Gasteiger partial charge in [0.05, 0.1) is 0 Å². The summed E-state index contributed by atoms with van der Waals surface area (Å²) in [6.07, 6.45) is 8.94. The summed E-state index contributed by atoms with van der Waals surface area (Å²) in [6.45, 7) is 16.6. The minimum Gasteiger partial charge on any atom is -0.372 e. The lowest BCUT2D eigenvalue weighted by atomic mass is 10.0. The summed E-state index contributed by atoms with van der Waals surface area (Å²) in [5.41, 5.74) is 3.36. The average Bonchev–Trinajstić information content (AvgIpc) is 2.95. The van der Waals surface area contributed by atoms with Crippen LogP contribution < -0.4 is 5.19 Å². The second-order valence-electron chi connectivity index (χ2n) is 8.01.